The molecule has 4 rings (SSSR count). The summed E-state index contributed by atoms with van der Waals surface area (Å²) in [6.45, 7) is 0. The second-order valence-corrected chi connectivity index (χ2v) is 7.93. The van der Waals surface area contributed by atoms with Gasteiger partial charge in [-0.05, 0) is 61.4 Å². The summed E-state index contributed by atoms with van der Waals surface area (Å²) in [6.07, 6.45) is 5.86. The molecule has 0 amide bonds. The van der Waals surface area contributed by atoms with E-state index < -0.39 is 0 Å². The molecule has 0 N–H and O–H groups in total. The van der Waals surface area contributed by atoms with Crippen LogP contribution >= 0.6 is 0 Å². The van der Waals surface area contributed by atoms with Crippen molar-refractivity contribution in [2.45, 2.75) is 38.5 Å². The molecule has 0 aliphatic heterocycles. The lowest BCUT2D eigenvalue weighted by Gasteiger charge is -2.27. The first-order chi connectivity index (χ1) is 14.7. The molecule has 5 nitrogen and oxygen atoms in total. The quantitative estimate of drug-likeness (QED) is 0.454. The second-order valence-electron chi connectivity index (χ2n) is 7.93. The average molecular weight is 403 g/mol. The topological polar surface area (TPSA) is 69.4 Å². The molecule has 0 atom stereocenters. The number of rotatable bonds is 8. The van der Waals surface area contributed by atoms with E-state index in [0.29, 0.717) is 24.5 Å². The Kier molecular flexibility index (Phi) is 6.38. The van der Waals surface area contributed by atoms with Crippen LogP contribution in [0.15, 0.2) is 71.4 Å². The van der Waals surface area contributed by atoms with E-state index in [2.05, 4.69) is 5.16 Å². The summed E-state index contributed by atoms with van der Waals surface area (Å²) in [5.41, 5.74) is 1.40. The SMILES string of the molecule is O=C(CC1CCC(C(=O)Cc2ccc(Oc3ccccc3)cc2)CC1)c1ccon1. The zero-order valence-electron chi connectivity index (χ0n) is 16.8. The van der Waals surface area contributed by atoms with Crippen molar-refractivity contribution in [1.29, 1.82) is 0 Å². The maximum Gasteiger partial charge on any atom is 0.184 e. The standard InChI is InChI=1S/C25H25NO4/c27-24(16-19-8-12-22(13-9-19)30-21-4-2-1-3-5-21)20-10-6-18(7-11-20)17-25(28)23-14-15-29-26-23/h1-5,8-9,12-15,18,20H,6-7,10-11,16-17H2. The number of hydrogen-bond donors (Lipinski definition) is 0. The van der Waals surface area contributed by atoms with Gasteiger partial charge >= 0.3 is 0 Å². The molecule has 154 valence electrons. The number of Topliss-reactive ketones (excluding diaryl/α,β-unsaturated/α-hetero) is 2. The summed E-state index contributed by atoms with van der Waals surface area (Å²) in [5.74, 6) is 2.27. The van der Waals surface area contributed by atoms with E-state index in [9.17, 15) is 9.59 Å². The molecule has 30 heavy (non-hydrogen) atoms. The predicted octanol–water partition coefficient (Wildman–Crippen LogP) is 5.66. The van der Waals surface area contributed by atoms with Crippen LogP contribution in [-0.4, -0.2) is 16.7 Å². The Morgan fingerprint density at radius 2 is 1.60 bits per heavy atom. The van der Waals surface area contributed by atoms with Crippen LogP contribution in [0.4, 0.5) is 0 Å². The van der Waals surface area contributed by atoms with Crippen molar-refractivity contribution >= 4 is 11.6 Å². The summed E-state index contributed by atoms with van der Waals surface area (Å²) in [7, 11) is 0. The molecule has 1 aromatic heterocycles. The van der Waals surface area contributed by atoms with Crippen molar-refractivity contribution in [3.05, 3.63) is 78.2 Å². The van der Waals surface area contributed by atoms with Gasteiger partial charge in [0.15, 0.2) is 5.78 Å². The van der Waals surface area contributed by atoms with E-state index in [4.69, 9.17) is 9.26 Å². The van der Waals surface area contributed by atoms with E-state index in [1.807, 2.05) is 54.6 Å². The van der Waals surface area contributed by atoms with Crippen LogP contribution in [0.5, 0.6) is 11.5 Å². The lowest BCUT2D eigenvalue weighted by Crippen LogP contribution is -2.24. The molecule has 1 aliphatic rings. The number of ether oxygens (including phenoxy) is 1. The van der Waals surface area contributed by atoms with Crippen LogP contribution in [0.3, 0.4) is 0 Å². The van der Waals surface area contributed by atoms with Gasteiger partial charge in [-0.25, -0.2) is 0 Å². The zero-order chi connectivity index (χ0) is 20.8. The van der Waals surface area contributed by atoms with Crippen molar-refractivity contribution in [1.82, 2.24) is 5.16 Å². The molecule has 2 aromatic carbocycles. The summed E-state index contributed by atoms with van der Waals surface area (Å²) < 4.78 is 10.5. The van der Waals surface area contributed by atoms with Crippen LogP contribution in [-0.2, 0) is 11.2 Å². The molecule has 1 saturated carbocycles. The van der Waals surface area contributed by atoms with Gasteiger partial charge in [0, 0.05) is 24.8 Å². The maximum atomic E-state index is 12.7. The number of benzene rings is 2. The number of aromatic nitrogens is 1. The van der Waals surface area contributed by atoms with Gasteiger partial charge in [0.2, 0.25) is 0 Å². The van der Waals surface area contributed by atoms with E-state index in [1.54, 1.807) is 6.07 Å². The average Bonchev–Trinajstić information content (AvgIpc) is 3.32. The minimum absolute atomic E-state index is 0.0244. The molecule has 5 heteroatoms. The van der Waals surface area contributed by atoms with Crippen molar-refractivity contribution in [2.24, 2.45) is 11.8 Å². The van der Waals surface area contributed by atoms with Gasteiger partial charge < -0.3 is 9.26 Å². The van der Waals surface area contributed by atoms with Crippen LogP contribution < -0.4 is 4.74 Å². The summed E-state index contributed by atoms with van der Waals surface area (Å²) in [6, 6.07) is 19.0. The van der Waals surface area contributed by atoms with Crippen molar-refractivity contribution in [3.8, 4) is 11.5 Å². The van der Waals surface area contributed by atoms with Gasteiger partial charge in [0.25, 0.3) is 0 Å². The largest absolute Gasteiger partial charge is 0.457 e. The second kappa shape index (κ2) is 9.53. The third kappa shape index (κ3) is 5.23. The van der Waals surface area contributed by atoms with Crippen molar-refractivity contribution in [2.75, 3.05) is 0 Å². The zero-order valence-corrected chi connectivity index (χ0v) is 16.8. The lowest BCUT2D eigenvalue weighted by molar-refractivity contribution is -0.123. The highest BCUT2D eigenvalue weighted by Gasteiger charge is 2.28. The number of carbonyl (C=O) groups excluding carboxylic acids is 2. The smallest absolute Gasteiger partial charge is 0.184 e. The molecule has 0 unspecified atom stereocenters. The normalized spacial score (nSPS) is 18.7. The summed E-state index contributed by atoms with van der Waals surface area (Å²) in [5, 5.41) is 3.71. The number of nitrogens with zero attached hydrogens (tertiary/aromatic N) is 1. The van der Waals surface area contributed by atoms with Gasteiger partial charge in [-0.15, -0.1) is 0 Å². The van der Waals surface area contributed by atoms with Gasteiger partial charge in [0.05, 0.1) is 0 Å². The Morgan fingerprint density at radius 3 is 2.27 bits per heavy atom. The lowest BCUT2D eigenvalue weighted by atomic mass is 9.77. The number of ketones is 2. The summed E-state index contributed by atoms with van der Waals surface area (Å²) in [4.78, 5) is 24.9. The number of para-hydroxylation sites is 1. The first kappa shape index (κ1) is 20.1. The predicted molar refractivity (Wildman–Crippen MR) is 113 cm³/mol. The molecular formula is C25H25NO4. The van der Waals surface area contributed by atoms with Crippen LogP contribution in [0, 0.1) is 11.8 Å². The highest BCUT2D eigenvalue weighted by atomic mass is 16.5. The minimum Gasteiger partial charge on any atom is -0.457 e. The third-order valence-electron chi connectivity index (χ3n) is 5.78. The molecule has 0 spiro atoms. The van der Waals surface area contributed by atoms with E-state index in [-0.39, 0.29) is 17.5 Å². The molecule has 0 bridgehead atoms. The highest BCUT2D eigenvalue weighted by Crippen LogP contribution is 2.33. The van der Waals surface area contributed by atoms with Crippen LogP contribution in [0.1, 0.15) is 48.2 Å². The van der Waals surface area contributed by atoms with Gasteiger partial charge in [-0.2, -0.15) is 0 Å². The Bertz CT molecular complexity index is 956. The van der Waals surface area contributed by atoms with Gasteiger partial charge in [-0.1, -0.05) is 35.5 Å². The van der Waals surface area contributed by atoms with Crippen LogP contribution in [0.2, 0.25) is 0 Å². The fourth-order valence-corrected chi connectivity index (χ4v) is 4.06. The molecule has 1 heterocycles. The van der Waals surface area contributed by atoms with E-state index >= 15 is 0 Å². The van der Waals surface area contributed by atoms with Gasteiger partial charge in [0.1, 0.15) is 29.2 Å². The Hall–Kier alpha value is -3.21. The number of hydrogen-bond acceptors (Lipinski definition) is 5. The minimum atomic E-state index is 0.0244. The van der Waals surface area contributed by atoms with Crippen LogP contribution in [0.25, 0.3) is 0 Å². The monoisotopic (exact) mass is 403 g/mol. The molecule has 0 saturated heterocycles. The third-order valence-corrected chi connectivity index (χ3v) is 5.78. The van der Waals surface area contributed by atoms with Crippen molar-refractivity contribution in [3.63, 3.8) is 0 Å². The van der Waals surface area contributed by atoms with E-state index in [1.165, 1.54) is 6.26 Å². The number of carbonyl (C=O) groups is 2. The highest BCUT2D eigenvalue weighted by molar-refractivity contribution is 5.94. The van der Waals surface area contributed by atoms with Crippen molar-refractivity contribution < 1.29 is 18.8 Å². The molecular weight excluding hydrogens is 378 g/mol. The molecule has 1 aliphatic carbocycles. The molecule has 1 fully saturated rings. The fourth-order valence-electron chi connectivity index (χ4n) is 4.06. The fraction of sp³-hybridized carbons (Fsp3) is 0.320. The maximum absolute atomic E-state index is 12.7. The van der Waals surface area contributed by atoms with Gasteiger partial charge in [-0.3, -0.25) is 9.59 Å². The molecule has 0 radical (unpaired) electrons. The first-order valence-electron chi connectivity index (χ1n) is 10.5. The summed E-state index contributed by atoms with van der Waals surface area (Å²) >= 11 is 0. The first-order valence-corrected chi connectivity index (χ1v) is 10.5. The molecule has 3 aromatic rings. The van der Waals surface area contributed by atoms with E-state index in [0.717, 1.165) is 42.7 Å². The Morgan fingerprint density at radius 1 is 0.900 bits per heavy atom. The Labute approximate surface area is 176 Å². The Balaban J connectivity index is 1.24.